The summed E-state index contributed by atoms with van der Waals surface area (Å²) in [5.41, 5.74) is 0. The van der Waals surface area contributed by atoms with Gasteiger partial charge in [0.15, 0.2) is 0 Å². The molecule has 0 spiro atoms. The predicted octanol–water partition coefficient (Wildman–Crippen LogP) is 2.01. The Morgan fingerprint density at radius 2 is 1.33 bits per heavy atom. The van der Waals surface area contributed by atoms with Crippen LogP contribution in [0.2, 0.25) is 0 Å². The lowest BCUT2D eigenvalue weighted by Crippen LogP contribution is -2.23. The van der Waals surface area contributed by atoms with Gasteiger partial charge in [-0.1, -0.05) is 26.3 Å². The van der Waals surface area contributed by atoms with Gasteiger partial charge in [-0.15, -0.1) is 0 Å². The predicted molar refractivity (Wildman–Crippen MR) is 63.4 cm³/mol. The molecule has 0 amide bonds. The van der Waals surface area contributed by atoms with Crippen molar-refractivity contribution < 1.29 is 9.47 Å². The van der Waals surface area contributed by atoms with E-state index in [1.165, 1.54) is 0 Å². The highest BCUT2D eigenvalue weighted by molar-refractivity contribution is 5.02. The quantitative estimate of drug-likeness (QED) is 0.339. The van der Waals surface area contributed by atoms with E-state index >= 15 is 0 Å². The molecule has 0 rings (SSSR count). The largest absolute Gasteiger partial charge is 0.493 e. The van der Waals surface area contributed by atoms with E-state index in [-0.39, 0.29) is 0 Å². The minimum atomic E-state index is 0.577. The van der Waals surface area contributed by atoms with Gasteiger partial charge in [0.25, 0.3) is 0 Å². The summed E-state index contributed by atoms with van der Waals surface area (Å²) >= 11 is 0. The maximum atomic E-state index is 5.19. The van der Waals surface area contributed by atoms with E-state index in [2.05, 4.69) is 31.6 Å². The molecule has 0 fully saturated rings. The normalized spacial score (nSPS) is 9.07. The van der Waals surface area contributed by atoms with E-state index in [9.17, 15) is 0 Å². The smallest absolute Gasteiger partial charge is 0.111 e. The molecule has 3 heteroatoms. The third kappa shape index (κ3) is 8.84. The molecule has 0 heterocycles. The summed E-state index contributed by atoms with van der Waals surface area (Å²) < 4.78 is 10.4. The van der Waals surface area contributed by atoms with Crippen LogP contribution >= 0.6 is 0 Å². The summed E-state index contributed by atoms with van der Waals surface area (Å²) in [6.07, 6.45) is 3.16. The van der Waals surface area contributed by atoms with Gasteiger partial charge < -0.3 is 14.8 Å². The summed E-state index contributed by atoms with van der Waals surface area (Å²) in [5.74, 6) is 1.18. The van der Waals surface area contributed by atoms with Gasteiger partial charge in [-0.05, 0) is 12.2 Å². The Balaban J connectivity index is 3.18. The molecule has 15 heavy (non-hydrogen) atoms. The minimum Gasteiger partial charge on any atom is -0.493 e. The second-order valence-corrected chi connectivity index (χ2v) is 2.79. The van der Waals surface area contributed by atoms with E-state index in [4.69, 9.17) is 9.47 Å². The second-order valence-electron chi connectivity index (χ2n) is 2.79. The van der Waals surface area contributed by atoms with Gasteiger partial charge in [-0.2, -0.15) is 0 Å². The molecule has 0 unspecified atom stereocenters. The zero-order valence-corrected chi connectivity index (χ0v) is 9.13. The average molecular weight is 209 g/mol. The van der Waals surface area contributed by atoms with E-state index < -0.39 is 0 Å². The van der Waals surface area contributed by atoms with Crippen LogP contribution in [0.3, 0.4) is 0 Å². The zero-order chi connectivity index (χ0) is 11.5. The number of ether oxygens (including phenoxy) is 2. The van der Waals surface area contributed by atoms with Gasteiger partial charge in [0.1, 0.15) is 24.7 Å². The van der Waals surface area contributed by atoms with Crippen LogP contribution < -0.4 is 5.32 Å². The summed E-state index contributed by atoms with van der Waals surface area (Å²) in [6, 6.07) is 0. The molecule has 0 aromatic heterocycles. The van der Waals surface area contributed by atoms with Gasteiger partial charge in [-0.3, -0.25) is 0 Å². The number of nitrogens with one attached hydrogen (secondary N) is 1. The van der Waals surface area contributed by atoms with E-state index in [1.54, 1.807) is 12.2 Å². The lowest BCUT2D eigenvalue weighted by atomic mass is 10.5. The van der Waals surface area contributed by atoms with E-state index in [1.807, 2.05) is 0 Å². The molecule has 0 aliphatic heterocycles. The highest BCUT2D eigenvalue weighted by Gasteiger charge is 1.91. The van der Waals surface area contributed by atoms with Crippen LogP contribution in [0, 0.1) is 0 Å². The Morgan fingerprint density at radius 1 is 0.933 bits per heavy atom. The van der Waals surface area contributed by atoms with Crippen LogP contribution in [0.25, 0.3) is 0 Å². The molecular formula is C12H19NO2. The molecule has 0 aromatic carbocycles. The standard InChI is InChI=1S/C12H19NO2/c1-5-11(3)14-9-7-13-8-10-15-12(4)6-2/h5-6,13H,1-4,7-10H2. The Morgan fingerprint density at radius 3 is 1.67 bits per heavy atom. The molecule has 84 valence electrons. The van der Waals surface area contributed by atoms with E-state index in [0.29, 0.717) is 24.7 Å². The molecule has 0 bridgehead atoms. The van der Waals surface area contributed by atoms with E-state index in [0.717, 1.165) is 13.1 Å². The topological polar surface area (TPSA) is 30.5 Å². The molecule has 0 atom stereocenters. The van der Waals surface area contributed by atoms with Gasteiger partial charge in [0.2, 0.25) is 0 Å². The Hall–Kier alpha value is -1.48. The average Bonchev–Trinajstić information content (AvgIpc) is 2.26. The maximum Gasteiger partial charge on any atom is 0.111 e. The number of allylic oxidation sites excluding steroid dienone is 2. The highest BCUT2D eigenvalue weighted by atomic mass is 16.5. The van der Waals surface area contributed by atoms with Crippen LogP contribution in [-0.2, 0) is 9.47 Å². The molecular weight excluding hydrogens is 190 g/mol. The van der Waals surface area contributed by atoms with Gasteiger partial charge in [0.05, 0.1) is 0 Å². The van der Waals surface area contributed by atoms with Crippen LogP contribution in [-0.4, -0.2) is 26.3 Å². The third-order valence-corrected chi connectivity index (χ3v) is 1.59. The van der Waals surface area contributed by atoms with Crippen molar-refractivity contribution in [3.8, 4) is 0 Å². The number of hydrogen-bond donors (Lipinski definition) is 1. The number of hydrogen-bond acceptors (Lipinski definition) is 3. The van der Waals surface area contributed by atoms with Crippen LogP contribution in [0.4, 0.5) is 0 Å². The Bertz CT molecular complexity index is 210. The fourth-order valence-corrected chi connectivity index (χ4v) is 0.751. The molecule has 0 saturated heterocycles. The molecule has 0 aliphatic carbocycles. The minimum absolute atomic E-state index is 0.577. The van der Waals surface area contributed by atoms with Gasteiger partial charge in [0, 0.05) is 13.1 Å². The van der Waals surface area contributed by atoms with Crippen molar-refractivity contribution >= 4 is 0 Å². The third-order valence-electron chi connectivity index (χ3n) is 1.59. The molecule has 0 aliphatic rings. The second kappa shape index (κ2) is 9.09. The fourth-order valence-electron chi connectivity index (χ4n) is 0.751. The Kier molecular flexibility index (Phi) is 8.19. The van der Waals surface area contributed by atoms with Gasteiger partial charge >= 0.3 is 0 Å². The lowest BCUT2D eigenvalue weighted by Gasteiger charge is -2.08. The van der Waals surface area contributed by atoms with Gasteiger partial charge in [-0.25, -0.2) is 0 Å². The first kappa shape index (κ1) is 13.5. The highest BCUT2D eigenvalue weighted by Crippen LogP contribution is 1.92. The van der Waals surface area contributed by atoms with Crippen molar-refractivity contribution in [1.82, 2.24) is 5.32 Å². The van der Waals surface area contributed by atoms with Crippen molar-refractivity contribution in [2.75, 3.05) is 26.3 Å². The van der Waals surface area contributed by atoms with Crippen molar-refractivity contribution in [2.24, 2.45) is 0 Å². The maximum absolute atomic E-state index is 5.19. The van der Waals surface area contributed by atoms with Crippen LogP contribution in [0.15, 0.2) is 50.0 Å². The first-order valence-electron chi connectivity index (χ1n) is 4.79. The SMILES string of the molecule is C=CC(=C)OCCNCCOC(=C)C=C. The number of rotatable bonds is 10. The lowest BCUT2D eigenvalue weighted by molar-refractivity contribution is 0.206. The monoisotopic (exact) mass is 209 g/mol. The summed E-state index contributed by atoms with van der Waals surface area (Å²) in [4.78, 5) is 0. The molecule has 0 aromatic rings. The summed E-state index contributed by atoms with van der Waals surface area (Å²) in [7, 11) is 0. The first-order valence-corrected chi connectivity index (χ1v) is 4.79. The first-order chi connectivity index (χ1) is 7.20. The van der Waals surface area contributed by atoms with Crippen LogP contribution in [0.5, 0.6) is 0 Å². The van der Waals surface area contributed by atoms with Crippen molar-refractivity contribution in [1.29, 1.82) is 0 Å². The molecule has 0 saturated carbocycles. The molecule has 1 N–H and O–H groups in total. The Labute approximate surface area is 91.8 Å². The van der Waals surface area contributed by atoms with Crippen LogP contribution in [0.1, 0.15) is 0 Å². The zero-order valence-electron chi connectivity index (χ0n) is 9.13. The summed E-state index contributed by atoms with van der Waals surface area (Å²) in [5, 5.41) is 3.14. The fraction of sp³-hybridized carbons (Fsp3) is 0.333. The summed E-state index contributed by atoms with van der Waals surface area (Å²) in [6.45, 7) is 17.0. The molecule has 0 radical (unpaired) electrons. The van der Waals surface area contributed by atoms with Crippen molar-refractivity contribution in [2.45, 2.75) is 0 Å². The molecule has 3 nitrogen and oxygen atoms in total. The van der Waals surface area contributed by atoms with Crippen molar-refractivity contribution in [3.05, 3.63) is 50.0 Å². The van der Waals surface area contributed by atoms with Crippen molar-refractivity contribution in [3.63, 3.8) is 0 Å².